The van der Waals surface area contributed by atoms with E-state index in [0.29, 0.717) is 5.82 Å². The standard InChI is InChI=1S/C17H21N3O4/c1-10(2)15(18-12(4)21)17(22)23-9-14-19-16(20-24-14)13-7-5-11(3)6-8-13/h5-8,10,15H,9H2,1-4H3,(H,18,21). The molecule has 1 amide bonds. The van der Waals surface area contributed by atoms with Gasteiger partial charge in [-0.3, -0.25) is 4.79 Å². The van der Waals surface area contributed by atoms with E-state index in [0.717, 1.165) is 11.1 Å². The topological polar surface area (TPSA) is 94.3 Å². The molecular formula is C17H21N3O4. The maximum Gasteiger partial charge on any atom is 0.329 e. The Morgan fingerprint density at radius 1 is 1.25 bits per heavy atom. The van der Waals surface area contributed by atoms with Crippen LogP contribution in [-0.4, -0.2) is 28.1 Å². The molecule has 7 nitrogen and oxygen atoms in total. The Morgan fingerprint density at radius 2 is 1.92 bits per heavy atom. The van der Waals surface area contributed by atoms with Crippen LogP contribution in [0.1, 0.15) is 32.2 Å². The van der Waals surface area contributed by atoms with Gasteiger partial charge in [0.15, 0.2) is 6.61 Å². The van der Waals surface area contributed by atoms with Crippen LogP contribution >= 0.6 is 0 Å². The number of amides is 1. The summed E-state index contributed by atoms with van der Waals surface area (Å²) in [5, 5.41) is 6.45. The fraction of sp³-hybridized carbons (Fsp3) is 0.412. The van der Waals surface area contributed by atoms with Gasteiger partial charge in [-0.05, 0) is 12.8 Å². The van der Waals surface area contributed by atoms with Crippen molar-refractivity contribution >= 4 is 11.9 Å². The summed E-state index contributed by atoms with van der Waals surface area (Å²) in [5.74, 6) is -0.278. The van der Waals surface area contributed by atoms with Gasteiger partial charge in [-0.1, -0.05) is 48.8 Å². The van der Waals surface area contributed by atoms with Gasteiger partial charge in [0.25, 0.3) is 5.89 Å². The fourth-order valence-electron chi connectivity index (χ4n) is 2.07. The van der Waals surface area contributed by atoms with Gasteiger partial charge in [0.2, 0.25) is 11.7 Å². The number of rotatable bonds is 6. The van der Waals surface area contributed by atoms with Crippen molar-refractivity contribution in [3.8, 4) is 11.4 Å². The largest absolute Gasteiger partial charge is 0.454 e. The van der Waals surface area contributed by atoms with Crippen molar-refractivity contribution in [2.75, 3.05) is 0 Å². The van der Waals surface area contributed by atoms with Crippen LogP contribution in [0.25, 0.3) is 11.4 Å². The molecule has 0 aliphatic heterocycles. The van der Waals surface area contributed by atoms with E-state index in [9.17, 15) is 9.59 Å². The summed E-state index contributed by atoms with van der Waals surface area (Å²) < 4.78 is 10.3. The Morgan fingerprint density at radius 3 is 2.50 bits per heavy atom. The molecule has 0 fully saturated rings. The number of carbonyl (C=O) groups is 2. The van der Waals surface area contributed by atoms with Crippen LogP contribution in [0.2, 0.25) is 0 Å². The lowest BCUT2D eigenvalue weighted by Gasteiger charge is -2.19. The van der Waals surface area contributed by atoms with Gasteiger partial charge in [0.05, 0.1) is 0 Å². The lowest BCUT2D eigenvalue weighted by atomic mass is 10.0. The molecule has 1 N–H and O–H groups in total. The second kappa shape index (κ2) is 7.72. The summed E-state index contributed by atoms with van der Waals surface area (Å²) in [5.41, 5.74) is 1.95. The number of hydrogen-bond donors (Lipinski definition) is 1. The minimum absolute atomic E-state index is 0.0906. The SMILES string of the molecule is CC(=O)NC(C(=O)OCc1nc(-c2ccc(C)cc2)no1)C(C)C. The molecule has 1 aromatic carbocycles. The van der Waals surface area contributed by atoms with Gasteiger partial charge >= 0.3 is 5.97 Å². The molecule has 0 aliphatic rings. The zero-order valence-corrected chi connectivity index (χ0v) is 14.2. The Balaban J connectivity index is 1.98. The highest BCUT2D eigenvalue weighted by atomic mass is 16.6. The van der Waals surface area contributed by atoms with Crippen molar-refractivity contribution in [3.05, 3.63) is 35.7 Å². The van der Waals surface area contributed by atoms with Crippen molar-refractivity contribution in [1.82, 2.24) is 15.5 Å². The molecule has 0 saturated carbocycles. The van der Waals surface area contributed by atoms with Gasteiger partial charge in [-0.15, -0.1) is 0 Å². The molecule has 0 spiro atoms. The molecule has 24 heavy (non-hydrogen) atoms. The van der Waals surface area contributed by atoms with Crippen LogP contribution in [0.15, 0.2) is 28.8 Å². The summed E-state index contributed by atoms with van der Waals surface area (Å²) in [6.45, 7) is 6.86. The predicted molar refractivity (Wildman–Crippen MR) is 86.7 cm³/mol. The molecule has 0 saturated heterocycles. The average molecular weight is 331 g/mol. The van der Waals surface area contributed by atoms with Crippen LogP contribution in [0.4, 0.5) is 0 Å². The molecule has 0 radical (unpaired) electrons. The number of benzene rings is 1. The number of carbonyl (C=O) groups excluding carboxylic acids is 2. The third-order valence-corrected chi connectivity index (χ3v) is 3.40. The number of esters is 1. The molecule has 7 heteroatoms. The number of hydrogen-bond acceptors (Lipinski definition) is 6. The summed E-state index contributed by atoms with van der Waals surface area (Å²) in [7, 11) is 0. The smallest absolute Gasteiger partial charge is 0.329 e. The van der Waals surface area contributed by atoms with E-state index in [1.54, 1.807) is 0 Å². The monoisotopic (exact) mass is 331 g/mol. The molecule has 0 aliphatic carbocycles. The van der Waals surface area contributed by atoms with E-state index >= 15 is 0 Å². The van der Waals surface area contributed by atoms with Crippen molar-refractivity contribution in [2.24, 2.45) is 5.92 Å². The first-order chi connectivity index (χ1) is 11.4. The van der Waals surface area contributed by atoms with Gasteiger partial charge in [-0.2, -0.15) is 4.98 Å². The first-order valence-electron chi connectivity index (χ1n) is 7.70. The number of aryl methyl sites for hydroxylation is 1. The fourth-order valence-corrected chi connectivity index (χ4v) is 2.07. The second-order valence-corrected chi connectivity index (χ2v) is 5.91. The highest BCUT2D eigenvalue weighted by Gasteiger charge is 2.25. The number of ether oxygens (including phenoxy) is 1. The van der Waals surface area contributed by atoms with E-state index < -0.39 is 12.0 Å². The minimum atomic E-state index is -0.706. The average Bonchev–Trinajstić information content (AvgIpc) is 2.99. The quantitative estimate of drug-likeness (QED) is 0.816. The van der Waals surface area contributed by atoms with E-state index in [2.05, 4.69) is 15.5 Å². The maximum absolute atomic E-state index is 12.1. The van der Waals surface area contributed by atoms with E-state index in [1.165, 1.54) is 6.92 Å². The van der Waals surface area contributed by atoms with Gasteiger partial charge in [0.1, 0.15) is 6.04 Å². The predicted octanol–water partition coefficient (Wildman–Crippen LogP) is 2.25. The lowest BCUT2D eigenvalue weighted by molar-refractivity contribution is -0.151. The van der Waals surface area contributed by atoms with Crippen molar-refractivity contribution in [1.29, 1.82) is 0 Å². The maximum atomic E-state index is 12.1. The Kier molecular flexibility index (Phi) is 5.68. The van der Waals surface area contributed by atoms with Crippen LogP contribution < -0.4 is 5.32 Å². The Bertz CT molecular complexity index is 707. The molecule has 1 atom stereocenters. The Hall–Kier alpha value is -2.70. The number of nitrogens with one attached hydrogen (secondary N) is 1. The highest BCUT2D eigenvalue weighted by Crippen LogP contribution is 2.16. The second-order valence-electron chi connectivity index (χ2n) is 5.91. The normalized spacial score (nSPS) is 12.0. The number of aromatic nitrogens is 2. The van der Waals surface area contributed by atoms with Crippen molar-refractivity contribution in [3.63, 3.8) is 0 Å². The van der Waals surface area contributed by atoms with Crippen LogP contribution in [0.3, 0.4) is 0 Å². The molecule has 1 unspecified atom stereocenters. The minimum Gasteiger partial charge on any atom is -0.454 e. The first kappa shape index (κ1) is 17.7. The Labute approximate surface area is 140 Å². The molecule has 128 valence electrons. The van der Waals surface area contributed by atoms with Crippen LogP contribution in [0.5, 0.6) is 0 Å². The molecule has 0 bridgehead atoms. The van der Waals surface area contributed by atoms with E-state index in [-0.39, 0.29) is 24.3 Å². The molecule has 1 heterocycles. The lowest BCUT2D eigenvalue weighted by Crippen LogP contribution is -2.44. The number of nitrogens with zero attached hydrogens (tertiary/aromatic N) is 2. The van der Waals surface area contributed by atoms with Gasteiger partial charge in [-0.25, -0.2) is 4.79 Å². The van der Waals surface area contributed by atoms with Crippen LogP contribution in [-0.2, 0) is 20.9 Å². The van der Waals surface area contributed by atoms with E-state index in [1.807, 2.05) is 45.0 Å². The first-order valence-corrected chi connectivity index (χ1v) is 7.70. The molecule has 2 aromatic rings. The van der Waals surface area contributed by atoms with Crippen molar-refractivity contribution in [2.45, 2.75) is 40.3 Å². The summed E-state index contributed by atoms with van der Waals surface area (Å²) >= 11 is 0. The molecule has 2 rings (SSSR count). The highest BCUT2D eigenvalue weighted by molar-refractivity contribution is 5.83. The van der Waals surface area contributed by atoms with Gasteiger partial charge < -0.3 is 14.6 Å². The van der Waals surface area contributed by atoms with Crippen LogP contribution in [0, 0.1) is 12.8 Å². The third kappa shape index (κ3) is 4.65. The summed E-state index contributed by atoms with van der Waals surface area (Å²) in [6.07, 6.45) is 0. The van der Waals surface area contributed by atoms with Gasteiger partial charge in [0, 0.05) is 12.5 Å². The van der Waals surface area contributed by atoms with E-state index in [4.69, 9.17) is 9.26 Å². The van der Waals surface area contributed by atoms with Crippen molar-refractivity contribution < 1.29 is 18.8 Å². The molecular weight excluding hydrogens is 310 g/mol. The summed E-state index contributed by atoms with van der Waals surface area (Å²) in [6, 6.07) is 6.98. The third-order valence-electron chi connectivity index (χ3n) is 3.40. The zero-order chi connectivity index (χ0) is 17.7. The zero-order valence-electron chi connectivity index (χ0n) is 14.2. The molecule has 1 aromatic heterocycles. The summed E-state index contributed by atoms with van der Waals surface area (Å²) in [4.78, 5) is 27.4.